The van der Waals surface area contributed by atoms with E-state index in [4.69, 9.17) is 9.26 Å². The van der Waals surface area contributed by atoms with Crippen LogP contribution in [-0.2, 0) is 11.3 Å². The highest BCUT2D eigenvalue weighted by molar-refractivity contribution is 5.69. The highest BCUT2D eigenvalue weighted by Crippen LogP contribution is 2.15. The van der Waals surface area contributed by atoms with E-state index in [1.54, 1.807) is 4.90 Å². The van der Waals surface area contributed by atoms with Crippen LogP contribution in [0.15, 0.2) is 10.6 Å². The first-order valence-corrected chi connectivity index (χ1v) is 6.47. The van der Waals surface area contributed by atoms with E-state index in [1.807, 2.05) is 33.8 Å². The molecule has 1 aromatic rings. The molecule has 1 saturated heterocycles. The summed E-state index contributed by atoms with van der Waals surface area (Å²) < 4.78 is 10.4. The second-order valence-corrected chi connectivity index (χ2v) is 5.90. The van der Waals surface area contributed by atoms with Gasteiger partial charge in [0.15, 0.2) is 5.76 Å². The summed E-state index contributed by atoms with van der Waals surface area (Å²) in [7, 11) is 0. The number of hydrogen-bond donors (Lipinski definition) is 1. The molecule has 0 unspecified atom stereocenters. The van der Waals surface area contributed by atoms with E-state index in [9.17, 15) is 4.79 Å². The van der Waals surface area contributed by atoms with Gasteiger partial charge in [-0.2, -0.15) is 0 Å². The average molecular weight is 267 g/mol. The number of nitrogens with zero attached hydrogens (tertiary/aromatic N) is 2. The Bertz CT molecular complexity index is 444. The predicted octanol–water partition coefficient (Wildman–Crippen LogP) is 1.69. The monoisotopic (exact) mass is 267 g/mol. The maximum atomic E-state index is 11.7. The lowest BCUT2D eigenvalue weighted by Crippen LogP contribution is -2.60. The first kappa shape index (κ1) is 13.9. The zero-order chi connectivity index (χ0) is 14.0. The second kappa shape index (κ2) is 5.21. The lowest BCUT2D eigenvalue weighted by Gasteiger charge is -2.40. The van der Waals surface area contributed by atoms with Crippen molar-refractivity contribution in [1.82, 2.24) is 15.4 Å². The van der Waals surface area contributed by atoms with Gasteiger partial charge in [0.2, 0.25) is 0 Å². The standard InChI is InChI=1S/C13H21N3O3/c1-9-5-11(19-15-9)6-14-10-7-16(8-10)12(17)18-13(2,3)4/h5,10,14H,6-8H2,1-4H3. The number of aromatic nitrogens is 1. The maximum Gasteiger partial charge on any atom is 0.410 e. The van der Waals surface area contributed by atoms with Crippen LogP contribution in [0.4, 0.5) is 4.79 Å². The fraction of sp³-hybridized carbons (Fsp3) is 0.692. The zero-order valence-electron chi connectivity index (χ0n) is 11.9. The lowest BCUT2D eigenvalue weighted by atomic mass is 10.1. The number of aryl methyl sites for hydroxylation is 1. The Kier molecular flexibility index (Phi) is 3.80. The van der Waals surface area contributed by atoms with Crippen LogP contribution in [-0.4, -0.2) is 40.9 Å². The van der Waals surface area contributed by atoms with E-state index in [-0.39, 0.29) is 12.1 Å². The summed E-state index contributed by atoms with van der Waals surface area (Å²) in [5, 5.41) is 7.14. The molecule has 1 N–H and O–H groups in total. The van der Waals surface area contributed by atoms with Crippen molar-refractivity contribution in [3.8, 4) is 0 Å². The van der Waals surface area contributed by atoms with Crippen LogP contribution >= 0.6 is 0 Å². The summed E-state index contributed by atoms with van der Waals surface area (Å²) >= 11 is 0. The Morgan fingerprint density at radius 2 is 2.26 bits per heavy atom. The van der Waals surface area contributed by atoms with Gasteiger partial charge in [0.05, 0.1) is 12.2 Å². The molecule has 0 aliphatic carbocycles. The number of carbonyl (C=O) groups is 1. The fourth-order valence-electron chi connectivity index (χ4n) is 1.83. The molecule has 19 heavy (non-hydrogen) atoms. The Labute approximate surface area is 113 Å². The number of amides is 1. The van der Waals surface area contributed by atoms with Crippen molar-refractivity contribution < 1.29 is 14.1 Å². The molecule has 2 heterocycles. The molecule has 1 aliphatic rings. The Balaban J connectivity index is 1.67. The second-order valence-electron chi connectivity index (χ2n) is 5.90. The molecule has 0 spiro atoms. The molecule has 0 atom stereocenters. The third-order valence-corrected chi connectivity index (χ3v) is 2.77. The number of nitrogens with one attached hydrogen (secondary N) is 1. The quantitative estimate of drug-likeness (QED) is 0.902. The van der Waals surface area contributed by atoms with Crippen LogP contribution < -0.4 is 5.32 Å². The number of likely N-dealkylation sites (tertiary alicyclic amines) is 1. The average Bonchev–Trinajstić information content (AvgIpc) is 2.59. The summed E-state index contributed by atoms with van der Waals surface area (Å²) in [5.41, 5.74) is 0.438. The van der Waals surface area contributed by atoms with Crippen molar-refractivity contribution in [3.05, 3.63) is 17.5 Å². The van der Waals surface area contributed by atoms with Gasteiger partial charge < -0.3 is 19.5 Å². The number of hydrogen-bond acceptors (Lipinski definition) is 5. The fourth-order valence-corrected chi connectivity index (χ4v) is 1.83. The molecule has 6 nitrogen and oxygen atoms in total. The smallest absolute Gasteiger partial charge is 0.410 e. The van der Waals surface area contributed by atoms with Crippen LogP contribution in [0.25, 0.3) is 0 Å². The van der Waals surface area contributed by atoms with Crippen molar-refractivity contribution in [1.29, 1.82) is 0 Å². The summed E-state index contributed by atoms with van der Waals surface area (Å²) in [4.78, 5) is 13.4. The van der Waals surface area contributed by atoms with Crippen molar-refractivity contribution >= 4 is 6.09 Å². The molecule has 6 heteroatoms. The number of carbonyl (C=O) groups excluding carboxylic acids is 1. The summed E-state index contributed by atoms with van der Waals surface area (Å²) in [6, 6.07) is 2.19. The zero-order valence-corrected chi connectivity index (χ0v) is 11.9. The van der Waals surface area contributed by atoms with Gasteiger partial charge in [-0.1, -0.05) is 5.16 Å². The van der Waals surface area contributed by atoms with Gasteiger partial charge in [0, 0.05) is 25.2 Å². The normalized spacial score (nSPS) is 16.3. The molecular formula is C13H21N3O3. The van der Waals surface area contributed by atoms with Gasteiger partial charge >= 0.3 is 6.09 Å². The van der Waals surface area contributed by atoms with Gasteiger partial charge in [-0.05, 0) is 27.7 Å². The molecule has 0 radical (unpaired) electrons. The third kappa shape index (κ3) is 3.96. The van der Waals surface area contributed by atoms with Crippen molar-refractivity contribution in [2.24, 2.45) is 0 Å². The van der Waals surface area contributed by atoms with Crippen molar-refractivity contribution in [2.75, 3.05) is 13.1 Å². The maximum absolute atomic E-state index is 11.7. The third-order valence-electron chi connectivity index (χ3n) is 2.77. The number of rotatable bonds is 3. The topological polar surface area (TPSA) is 67.6 Å². The van der Waals surface area contributed by atoms with E-state index in [0.29, 0.717) is 19.6 Å². The minimum Gasteiger partial charge on any atom is -0.444 e. The van der Waals surface area contributed by atoms with Crippen LogP contribution in [0.3, 0.4) is 0 Å². The van der Waals surface area contributed by atoms with Gasteiger partial charge in [-0.15, -0.1) is 0 Å². The summed E-state index contributed by atoms with van der Waals surface area (Å²) in [5.74, 6) is 0.813. The van der Waals surface area contributed by atoms with Crippen LogP contribution in [0, 0.1) is 6.92 Å². The van der Waals surface area contributed by atoms with Gasteiger partial charge in [-0.3, -0.25) is 0 Å². The Morgan fingerprint density at radius 1 is 1.58 bits per heavy atom. The largest absolute Gasteiger partial charge is 0.444 e. The van der Waals surface area contributed by atoms with E-state index in [2.05, 4.69) is 10.5 Å². The van der Waals surface area contributed by atoms with E-state index in [0.717, 1.165) is 11.5 Å². The SMILES string of the molecule is Cc1cc(CNC2CN(C(=O)OC(C)(C)C)C2)on1. The first-order chi connectivity index (χ1) is 8.83. The Hall–Kier alpha value is -1.56. The molecule has 1 amide bonds. The first-order valence-electron chi connectivity index (χ1n) is 6.47. The summed E-state index contributed by atoms with van der Waals surface area (Å²) in [6.07, 6.45) is -0.249. The van der Waals surface area contributed by atoms with Gasteiger partial charge in [0.25, 0.3) is 0 Å². The molecule has 0 bridgehead atoms. The van der Waals surface area contributed by atoms with E-state index < -0.39 is 5.60 Å². The molecule has 1 aromatic heterocycles. The minimum absolute atomic E-state index is 0.249. The molecule has 1 fully saturated rings. The number of ether oxygens (including phenoxy) is 1. The van der Waals surface area contributed by atoms with Crippen LogP contribution in [0.1, 0.15) is 32.2 Å². The van der Waals surface area contributed by atoms with E-state index >= 15 is 0 Å². The molecule has 1 aliphatic heterocycles. The molecule has 2 rings (SSSR count). The van der Waals surface area contributed by atoms with Crippen LogP contribution in [0.5, 0.6) is 0 Å². The van der Waals surface area contributed by atoms with Gasteiger partial charge in [-0.25, -0.2) is 4.79 Å². The summed E-state index contributed by atoms with van der Waals surface area (Å²) in [6.45, 7) is 9.46. The predicted molar refractivity (Wildman–Crippen MR) is 69.7 cm³/mol. The van der Waals surface area contributed by atoms with Crippen LogP contribution in [0.2, 0.25) is 0 Å². The molecule has 0 aromatic carbocycles. The molecular weight excluding hydrogens is 246 g/mol. The molecule has 106 valence electrons. The lowest BCUT2D eigenvalue weighted by molar-refractivity contribution is 0.00501. The minimum atomic E-state index is -0.438. The highest BCUT2D eigenvalue weighted by Gasteiger charge is 2.33. The molecule has 0 saturated carbocycles. The Morgan fingerprint density at radius 3 is 2.79 bits per heavy atom. The van der Waals surface area contributed by atoms with Gasteiger partial charge in [0.1, 0.15) is 5.60 Å². The highest BCUT2D eigenvalue weighted by atomic mass is 16.6. The van der Waals surface area contributed by atoms with E-state index in [1.165, 1.54) is 0 Å². The van der Waals surface area contributed by atoms with Crippen molar-refractivity contribution in [3.63, 3.8) is 0 Å². The van der Waals surface area contributed by atoms with Crippen molar-refractivity contribution in [2.45, 2.75) is 45.9 Å².